The van der Waals surface area contributed by atoms with Crippen LogP contribution in [-0.2, 0) is 4.79 Å². The molecule has 2 nitrogen and oxygen atoms in total. The second kappa shape index (κ2) is 5.80. The second-order valence-electron chi connectivity index (χ2n) is 4.70. The van der Waals surface area contributed by atoms with Crippen molar-refractivity contribution in [3.8, 4) is 0 Å². The molecule has 0 spiro atoms. The summed E-state index contributed by atoms with van der Waals surface area (Å²) in [6.45, 7) is 10.7. The van der Waals surface area contributed by atoms with E-state index < -0.39 is 5.60 Å². The monoisotopic (exact) mass is 222 g/mol. The third-order valence-electron chi connectivity index (χ3n) is 2.52. The highest BCUT2D eigenvalue weighted by Gasteiger charge is 2.17. The average Bonchev–Trinajstić information content (AvgIpc) is 2.11. The zero-order chi connectivity index (χ0) is 12.9. The minimum Gasteiger partial charge on any atom is -0.383 e. The Kier molecular flexibility index (Phi) is 5.39. The van der Waals surface area contributed by atoms with Gasteiger partial charge in [0.1, 0.15) is 5.60 Å². The van der Waals surface area contributed by atoms with Crippen molar-refractivity contribution in [2.24, 2.45) is 0 Å². The van der Waals surface area contributed by atoms with Gasteiger partial charge in [0.05, 0.1) is 0 Å². The second-order valence-corrected chi connectivity index (χ2v) is 4.70. The first-order valence-corrected chi connectivity index (χ1v) is 5.42. The standard InChI is InChI=1S/C9H12.C5H10O2/c1-7-4-5-8(2)9(3)6-7;1-4(6)5(2,3)7/h4-6H,1-3H3;7H,1-3H3. The topological polar surface area (TPSA) is 37.3 Å². The van der Waals surface area contributed by atoms with Gasteiger partial charge in [-0.15, -0.1) is 0 Å². The van der Waals surface area contributed by atoms with Crippen LogP contribution in [0.4, 0.5) is 0 Å². The van der Waals surface area contributed by atoms with Crippen LogP contribution >= 0.6 is 0 Å². The Morgan fingerprint density at radius 3 is 1.81 bits per heavy atom. The molecule has 0 atom stereocenters. The lowest BCUT2D eigenvalue weighted by Gasteiger charge is -2.10. The molecule has 2 heteroatoms. The van der Waals surface area contributed by atoms with Gasteiger partial charge >= 0.3 is 0 Å². The quantitative estimate of drug-likeness (QED) is 0.793. The molecule has 90 valence electrons. The van der Waals surface area contributed by atoms with Crippen molar-refractivity contribution in [2.45, 2.75) is 47.1 Å². The zero-order valence-corrected chi connectivity index (χ0v) is 11.1. The van der Waals surface area contributed by atoms with Crippen molar-refractivity contribution in [3.05, 3.63) is 34.9 Å². The Balaban J connectivity index is 0.000000293. The van der Waals surface area contributed by atoms with Crippen LogP contribution in [0.2, 0.25) is 0 Å². The summed E-state index contributed by atoms with van der Waals surface area (Å²) in [5, 5.41) is 8.75. The van der Waals surface area contributed by atoms with E-state index >= 15 is 0 Å². The molecule has 0 radical (unpaired) electrons. The van der Waals surface area contributed by atoms with Crippen LogP contribution in [0.15, 0.2) is 18.2 Å². The van der Waals surface area contributed by atoms with Crippen LogP contribution in [0, 0.1) is 20.8 Å². The van der Waals surface area contributed by atoms with Gasteiger partial charge in [0.25, 0.3) is 0 Å². The van der Waals surface area contributed by atoms with Gasteiger partial charge in [-0.1, -0.05) is 23.8 Å². The Bertz CT molecular complexity index is 359. The first-order chi connectivity index (χ1) is 7.14. The summed E-state index contributed by atoms with van der Waals surface area (Å²) < 4.78 is 0. The molecule has 0 aliphatic heterocycles. The number of aryl methyl sites for hydroxylation is 3. The fourth-order valence-corrected chi connectivity index (χ4v) is 0.891. The lowest BCUT2D eigenvalue weighted by molar-refractivity contribution is -0.131. The Morgan fingerprint density at radius 2 is 1.56 bits per heavy atom. The van der Waals surface area contributed by atoms with Crippen LogP contribution in [-0.4, -0.2) is 16.5 Å². The lowest BCUT2D eigenvalue weighted by atomic mass is 10.1. The molecule has 0 fully saturated rings. The Hall–Kier alpha value is -1.15. The molecule has 0 aliphatic carbocycles. The van der Waals surface area contributed by atoms with Gasteiger partial charge < -0.3 is 5.11 Å². The summed E-state index contributed by atoms with van der Waals surface area (Å²) in [6, 6.07) is 6.50. The Labute approximate surface area is 98.3 Å². The number of Topliss-reactive ketones (excluding diaryl/α,β-unsaturated/α-hetero) is 1. The average molecular weight is 222 g/mol. The molecule has 1 rings (SSSR count). The highest BCUT2D eigenvalue weighted by Crippen LogP contribution is 2.07. The van der Waals surface area contributed by atoms with Gasteiger partial charge in [0.15, 0.2) is 5.78 Å². The number of benzene rings is 1. The molecule has 0 bridgehead atoms. The van der Waals surface area contributed by atoms with Crippen LogP contribution in [0.5, 0.6) is 0 Å². The first-order valence-electron chi connectivity index (χ1n) is 5.42. The summed E-state index contributed by atoms with van der Waals surface area (Å²) in [7, 11) is 0. The molecular weight excluding hydrogens is 200 g/mol. The molecule has 0 aromatic heterocycles. The van der Waals surface area contributed by atoms with E-state index in [1.807, 2.05) is 0 Å². The molecule has 16 heavy (non-hydrogen) atoms. The van der Waals surface area contributed by atoms with Gasteiger partial charge in [-0.05, 0) is 52.7 Å². The largest absolute Gasteiger partial charge is 0.383 e. The summed E-state index contributed by atoms with van der Waals surface area (Å²) in [6.07, 6.45) is 0. The third kappa shape index (κ3) is 5.66. The summed E-state index contributed by atoms with van der Waals surface area (Å²) in [5.41, 5.74) is 2.97. The highest BCUT2D eigenvalue weighted by atomic mass is 16.3. The normalized spacial score (nSPS) is 10.4. The maximum atomic E-state index is 10.2. The van der Waals surface area contributed by atoms with Crippen LogP contribution in [0.3, 0.4) is 0 Å². The molecule has 1 aromatic rings. The van der Waals surface area contributed by atoms with Gasteiger partial charge in [-0.25, -0.2) is 0 Å². The molecule has 0 unspecified atom stereocenters. The Morgan fingerprint density at radius 1 is 1.12 bits per heavy atom. The molecule has 0 heterocycles. The maximum absolute atomic E-state index is 10.2. The van der Waals surface area contributed by atoms with Gasteiger partial charge in [-0.3, -0.25) is 4.79 Å². The molecule has 1 aromatic carbocycles. The van der Waals surface area contributed by atoms with Gasteiger partial charge in [0, 0.05) is 0 Å². The number of aliphatic hydroxyl groups is 1. The summed E-state index contributed by atoms with van der Waals surface area (Å²) in [4.78, 5) is 10.2. The molecule has 0 saturated heterocycles. The van der Waals surface area contributed by atoms with Crippen molar-refractivity contribution < 1.29 is 9.90 Å². The molecular formula is C14H22O2. The first kappa shape index (κ1) is 14.8. The number of ketones is 1. The van der Waals surface area contributed by atoms with E-state index in [0.29, 0.717) is 0 Å². The molecule has 0 amide bonds. The maximum Gasteiger partial charge on any atom is 0.160 e. The highest BCUT2D eigenvalue weighted by molar-refractivity contribution is 5.83. The number of rotatable bonds is 1. The fraction of sp³-hybridized carbons (Fsp3) is 0.500. The van der Waals surface area contributed by atoms with E-state index in [9.17, 15) is 4.79 Å². The van der Waals surface area contributed by atoms with E-state index in [-0.39, 0.29) is 5.78 Å². The van der Waals surface area contributed by atoms with Gasteiger partial charge in [-0.2, -0.15) is 0 Å². The predicted octanol–water partition coefficient (Wildman–Crippen LogP) is 2.96. The van der Waals surface area contributed by atoms with Crippen molar-refractivity contribution in [1.29, 1.82) is 0 Å². The van der Waals surface area contributed by atoms with Crippen molar-refractivity contribution in [1.82, 2.24) is 0 Å². The SMILES string of the molecule is CC(=O)C(C)(C)O.Cc1ccc(C)c(C)c1. The van der Waals surface area contributed by atoms with Crippen LogP contribution < -0.4 is 0 Å². The number of hydrogen-bond acceptors (Lipinski definition) is 2. The fourth-order valence-electron chi connectivity index (χ4n) is 0.891. The third-order valence-corrected chi connectivity index (χ3v) is 2.52. The van der Waals surface area contributed by atoms with E-state index in [1.165, 1.54) is 37.5 Å². The zero-order valence-electron chi connectivity index (χ0n) is 11.1. The number of carbonyl (C=O) groups is 1. The summed E-state index contributed by atoms with van der Waals surface area (Å²) in [5.74, 6) is -0.201. The lowest BCUT2D eigenvalue weighted by Crippen LogP contribution is -2.27. The van der Waals surface area contributed by atoms with Crippen molar-refractivity contribution >= 4 is 5.78 Å². The van der Waals surface area contributed by atoms with Crippen LogP contribution in [0.1, 0.15) is 37.5 Å². The molecule has 0 saturated carbocycles. The van der Waals surface area contributed by atoms with E-state index in [1.54, 1.807) is 0 Å². The predicted molar refractivity (Wildman–Crippen MR) is 67.6 cm³/mol. The number of carbonyl (C=O) groups excluding carboxylic acids is 1. The summed E-state index contributed by atoms with van der Waals surface area (Å²) >= 11 is 0. The number of hydrogen-bond donors (Lipinski definition) is 1. The van der Waals surface area contributed by atoms with Crippen molar-refractivity contribution in [2.75, 3.05) is 0 Å². The minimum atomic E-state index is -1.14. The smallest absolute Gasteiger partial charge is 0.160 e. The van der Waals surface area contributed by atoms with E-state index in [2.05, 4.69) is 39.0 Å². The van der Waals surface area contributed by atoms with Crippen molar-refractivity contribution in [3.63, 3.8) is 0 Å². The van der Waals surface area contributed by atoms with E-state index in [4.69, 9.17) is 5.11 Å². The van der Waals surface area contributed by atoms with Gasteiger partial charge in [0.2, 0.25) is 0 Å². The molecule has 1 N–H and O–H groups in total. The van der Waals surface area contributed by atoms with E-state index in [0.717, 1.165) is 0 Å². The van der Waals surface area contributed by atoms with Crippen LogP contribution in [0.25, 0.3) is 0 Å². The molecule has 0 aliphatic rings. The minimum absolute atomic E-state index is 0.201.